The number of hydrogen-bond acceptors (Lipinski definition) is 8. The highest BCUT2D eigenvalue weighted by Gasteiger charge is 2.35. The monoisotopic (exact) mass is 539 g/mol. The van der Waals surface area contributed by atoms with E-state index in [2.05, 4.69) is 0 Å². The van der Waals surface area contributed by atoms with Gasteiger partial charge in [0.15, 0.2) is 0 Å². The summed E-state index contributed by atoms with van der Waals surface area (Å²) in [5.74, 6) is -2.47. The van der Waals surface area contributed by atoms with Gasteiger partial charge in [-0.15, -0.1) is 0 Å². The third-order valence-electron chi connectivity index (χ3n) is 5.58. The molecule has 0 fully saturated rings. The van der Waals surface area contributed by atoms with E-state index in [4.69, 9.17) is 19.4 Å². The molecule has 3 rings (SSSR count). The van der Waals surface area contributed by atoms with Crippen LogP contribution in [0, 0.1) is 5.92 Å². The van der Waals surface area contributed by atoms with Crippen LogP contribution in [0.3, 0.4) is 0 Å². The number of benzene rings is 3. The molecule has 0 aliphatic heterocycles. The Morgan fingerprint density at radius 1 is 0.868 bits per heavy atom. The number of hydrogen-bond donors (Lipinski definition) is 1. The van der Waals surface area contributed by atoms with E-state index in [1.807, 2.05) is 30.3 Å². The molecule has 8 nitrogen and oxygen atoms in total. The molecule has 3 aromatic carbocycles. The SMILES string of the molecule is CC(C)(C)OC(=O)C(c1ccc(OS(=O)(=O)c2ccccc2)cc1)C(CN)CC(=O)OCc1ccccc1. The van der Waals surface area contributed by atoms with Gasteiger partial charge in [0.1, 0.15) is 22.9 Å². The molecule has 2 atom stereocenters. The number of esters is 2. The van der Waals surface area contributed by atoms with Gasteiger partial charge in [0.25, 0.3) is 0 Å². The second-order valence-electron chi connectivity index (χ2n) is 9.78. The van der Waals surface area contributed by atoms with E-state index in [0.717, 1.165) is 5.56 Å². The average molecular weight is 540 g/mol. The van der Waals surface area contributed by atoms with Crippen LogP contribution < -0.4 is 9.92 Å². The van der Waals surface area contributed by atoms with E-state index in [1.165, 1.54) is 24.3 Å². The van der Waals surface area contributed by atoms with Crippen molar-refractivity contribution in [3.63, 3.8) is 0 Å². The van der Waals surface area contributed by atoms with Gasteiger partial charge in [0.05, 0.1) is 12.3 Å². The van der Waals surface area contributed by atoms with Crippen molar-refractivity contribution in [3.05, 3.63) is 96.1 Å². The first kappa shape index (κ1) is 28.9. The summed E-state index contributed by atoms with van der Waals surface area (Å²) in [6.07, 6.45) is -0.103. The highest BCUT2D eigenvalue weighted by molar-refractivity contribution is 7.87. The van der Waals surface area contributed by atoms with Crippen molar-refractivity contribution in [1.29, 1.82) is 0 Å². The molecule has 0 saturated carbocycles. The van der Waals surface area contributed by atoms with Crippen LogP contribution in [0.15, 0.2) is 89.8 Å². The van der Waals surface area contributed by atoms with Crippen molar-refractivity contribution in [2.24, 2.45) is 11.7 Å². The summed E-state index contributed by atoms with van der Waals surface area (Å²) < 4.78 is 41.4. The van der Waals surface area contributed by atoms with Gasteiger partial charge in [0, 0.05) is 0 Å². The van der Waals surface area contributed by atoms with Gasteiger partial charge in [0.2, 0.25) is 0 Å². The van der Waals surface area contributed by atoms with Gasteiger partial charge in [-0.2, -0.15) is 8.42 Å². The van der Waals surface area contributed by atoms with E-state index >= 15 is 0 Å². The van der Waals surface area contributed by atoms with Gasteiger partial charge in [-0.25, -0.2) is 0 Å². The lowest BCUT2D eigenvalue weighted by Gasteiger charge is -2.28. The molecule has 202 valence electrons. The maximum atomic E-state index is 13.3. The molecule has 0 aliphatic rings. The Morgan fingerprint density at radius 2 is 1.45 bits per heavy atom. The van der Waals surface area contributed by atoms with E-state index in [1.54, 1.807) is 51.1 Å². The minimum atomic E-state index is -4.03. The maximum absolute atomic E-state index is 13.3. The fourth-order valence-electron chi connectivity index (χ4n) is 3.81. The molecule has 9 heteroatoms. The molecule has 0 amide bonds. The summed E-state index contributed by atoms with van der Waals surface area (Å²) in [6, 6.07) is 23.1. The standard InChI is InChI=1S/C29H33NO7S/c1-29(2,3)36-28(32)27(23(19-30)18-26(31)35-20-21-10-6-4-7-11-21)22-14-16-24(17-15-22)37-38(33,34)25-12-8-5-9-13-25/h4-17,23,27H,18-20,30H2,1-3H3. The third-order valence-corrected chi connectivity index (χ3v) is 6.84. The van der Waals surface area contributed by atoms with Crippen molar-refractivity contribution in [2.75, 3.05) is 6.54 Å². The lowest BCUT2D eigenvalue weighted by Crippen LogP contribution is -2.35. The van der Waals surface area contributed by atoms with Crippen LogP contribution in [-0.4, -0.2) is 32.5 Å². The summed E-state index contributed by atoms with van der Waals surface area (Å²) in [7, 11) is -4.03. The molecule has 0 bridgehead atoms. The van der Waals surface area contributed by atoms with Gasteiger partial charge in [-0.3, -0.25) is 9.59 Å². The quantitative estimate of drug-likeness (QED) is 0.277. The fraction of sp³-hybridized carbons (Fsp3) is 0.310. The number of carbonyl (C=O) groups excluding carboxylic acids is 2. The predicted octanol–water partition coefficient (Wildman–Crippen LogP) is 4.59. The molecular formula is C29H33NO7S. The molecule has 0 spiro atoms. The van der Waals surface area contributed by atoms with Crippen LogP contribution in [-0.2, 0) is 35.8 Å². The van der Waals surface area contributed by atoms with E-state index in [-0.39, 0.29) is 30.2 Å². The largest absolute Gasteiger partial charge is 0.461 e. The van der Waals surface area contributed by atoms with Crippen molar-refractivity contribution in [2.45, 2.75) is 50.2 Å². The lowest BCUT2D eigenvalue weighted by molar-refractivity contribution is -0.159. The Bertz CT molecular complexity index is 1300. The highest BCUT2D eigenvalue weighted by Crippen LogP contribution is 2.32. The second-order valence-corrected chi connectivity index (χ2v) is 11.3. The summed E-state index contributed by atoms with van der Waals surface area (Å²) in [5, 5.41) is 0. The Balaban J connectivity index is 1.80. The van der Waals surface area contributed by atoms with Crippen LogP contribution in [0.4, 0.5) is 0 Å². The molecule has 0 radical (unpaired) electrons. The fourth-order valence-corrected chi connectivity index (χ4v) is 4.76. The zero-order chi connectivity index (χ0) is 27.8. The zero-order valence-corrected chi connectivity index (χ0v) is 22.5. The molecule has 0 aromatic heterocycles. The lowest BCUT2D eigenvalue weighted by atomic mass is 9.83. The number of rotatable bonds is 11. The van der Waals surface area contributed by atoms with Crippen LogP contribution in [0.25, 0.3) is 0 Å². The molecule has 2 N–H and O–H groups in total. The van der Waals surface area contributed by atoms with Crippen LogP contribution in [0.2, 0.25) is 0 Å². The first-order valence-electron chi connectivity index (χ1n) is 12.2. The Hall–Kier alpha value is -3.69. The molecule has 0 heterocycles. The zero-order valence-electron chi connectivity index (χ0n) is 21.7. The molecule has 2 unspecified atom stereocenters. The molecule has 3 aromatic rings. The summed E-state index contributed by atoms with van der Waals surface area (Å²) >= 11 is 0. The molecule has 0 saturated heterocycles. The number of nitrogens with two attached hydrogens (primary N) is 1. The van der Waals surface area contributed by atoms with Gasteiger partial charge in [-0.1, -0.05) is 60.7 Å². The Morgan fingerprint density at radius 3 is 2.00 bits per heavy atom. The van der Waals surface area contributed by atoms with Crippen LogP contribution in [0.1, 0.15) is 44.2 Å². The number of ether oxygens (including phenoxy) is 2. The summed E-state index contributed by atoms with van der Waals surface area (Å²) in [4.78, 5) is 25.9. The minimum absolute atomic E-state index is 0.0188. The molecule has 0 aliphatic carbocycles. The van der Waals surface area contributed by atoms with E-state index in [0.29, 0.717) is 5.56 Å². The third kappa shape index (κ3) is 8.43. The maximum Gasteiger partial charge on any atom is 0.339 e. The second kappa shape index (κ2) is 12.7. The molecule has 38 heavy (non-hydrogen) atoms. The summed E-state index contributed by atoms with van der Waals surface area (Å²) in [5.41, 5.74) is 6.61. The Kier molecular flexibility index (Phi) is 9.66. The number of carbonyl (C=O) groups is 2. The first-order chi connectivity index (χ1) is 18.0. The Labute approximate surface area is 223 Å². The van der Waals surface area contributed by atoms with Crippen molar-refractivity contribution in [3.8, 4) is 5.75 Å². The minimum Gasteiger partial charge on any atom is -0.461 e. The van der Waals surface area contributed by atoms with Gasteiger partial charge in [-0.05, 0) is 68.6 Å². The van der Waals surface area contributed by atoms with E-state index < -0.39 is 39.5 Å². The first-order valence-corrected chi connectivity index (χ1v) is 13.6. The van der Waals surface area contributed by atoms with Crippen LogP contribution in [0.5, 0.6) is 5.75 Å². The van der Waals surface area contributed by atoms with Gasteiger partial charge >= 0.3 is 22.1 Å². The van der Waals surface area contributed by atoms with E-state index in [9.17, 15) is 18.0 Å². The average Bonchev–Trinajstić information content (AvgIpc) is 2.88. The highest BCUT2D eigenvalue weighted by atomic mass is 32.2. The van der Waals surface area contributed by atoms with Crippen molar-refractivity contribution >= 4 is 22.1 Å². The van der Waals surface area contributed by atoms with Crippen LogP contribution >= 0.6 is 0 Å². The smallest absolute Gasteiger partial charge is 0.339 e. The molecular weight excluding hydrogens is 506 g/mol. The predicted molar refractivity (Wildman–Crippen MR) is 143 cm³/mol. The van der Waals surface area contributed by atoms with Gasteiger partial charge < -0.3 is 19.4 Å². The van der Waals surface area contributed by atoms with Crippen molar-refractivity contribution < 1.29 is 31.7 Å². The van der Waals surface area contributed by atoms with Crippen molar-refractivity contribution in [1.82, 2.24) is 0 Å². The normalized spacial score (nSPS) is 13.3. The summed E-state index contributed by atoms with van der Waals surface area (Å²) in [6.45, 7) is 5.37. The topological polar surface area (TPSA) is 122 Å².